The van der Waals surface area contributed by atoms with E-state index in [2.05, 4.69) is 25.7 Å². The summed E-state index contributed by atoms with van der Waals surface area (Å²) >= 11 is 0. The van der Waals surface area contributed by atoms with Gasteiger partial charge in [-0.05, 0) is 31.2 Å². The molecule has 3 atom stereocenters. The van der Waals surface area contributed by atoms with E-state index in [-0.39, 0.29) is 12.5 Å². The van der Waals surface area contributed by atoms with Crippen molar-refractivity contribution in [2.75, 3.05) is 26.2 Å². The van der Waals surface area contributed by atoms with Crippen LogP contribution in [0, 0.1) is 17.8 Å². The summed E-state index contributed by atoms with van der Waals surface area (Å²) < 4.78 is 0. The van der Waals surface area contributed by atoms with Gasteiger partial charge in [0.05, 0.1) is 6.61 Å². The van der Waals surface area contributed by atoms with Crippen LogP contribution in [0.5, 0.6) is 0 Å². The Bertz CT molecular complexity index is 255. The van der Waals surface area contributed by atoms with E-state index in [1.54, 1.807) is 0 Å². The van der Waals surface area contributed by atoms with Crippen LogP contribution in [0.4, 0.5) is 0 Å². The van der Waals surface area contributed by atoms with Crippen LogP contribution in [0.2, 0.25) is 0 Å². The van der Waals surface area contributed by atoms with Gasteiger partial charge in [0.25, 0.3) is 0 Å². The van der Waals surface area contributed by atoms with Gasteiger partial charge in [0.15, 0.2) is 0 Å². The highest BCUT2D eigenvalue weighted by atomic mass is 16.3. The Kier molecular flexibility index (Phi) is 6.87. The summed E-state index contributed by atoms with van der Waals surface area (Å²) in [7, 11) is 0. The number of aliphatic hydroxyl groups excluding tert-OH is 1. The number of hydrogen-bond donors (Lipinski definition) is 1. The van der Waals surface area contributed by atoms with Crippen LogP contribution in [0.3, 0.4) is 0 Å². The maximum Gasteiger partial charge on any atom is 0.137 e. The Balaban J connectivity index is 2.52. The molecular weight excluding hydrogens is 226 g/mol. The Morgan fingerprint density at radius 2 is 2.06 bits per heavy atom. The second-order valence-electron chi connectivity index (χ2n) is 5.97. The average Bonchev–Trinajstić information content (AvgIpc) is 2.30. The number of nitrogens with zero attached hydrogens (tertiary/aromatic N) is 1. The molecule has 0 radical (unpaired) electrons. The van der Waals surface area contributed by atoms with Crippen LogP contribution in [-0.2, 0) is 4.79 Å². The maximum absolute atomic E-state index is 12.1. The average molecular weight is 255 g/mol. The van der Waals surface area contributed by atoms with Crippen molar-refractivity contribution in [1.29, 1.82) is 0 Å². The summed E-state index contributed by atoms with van der Waals surface area (Å²) in [4.78, 5) is 14.4. The van der Waals surface area contributed by atoms with Crippen molar-refractivity contribution in [1.82, 2.24) is 4.90 Å². The van der Waals surface area contributed by atoms with Gasteiger partial charge in [0.1, 0.15) is 5.78 Å². The summed E-state index contributed by atoms with van der Waals surface area (Å²) in [5.41, 5.74) is 0. The van der Waals surface area contributed by atoms with Crippen molar-refractivity contribution in [2.24, 2.45) is 17.8 Å². The first-order valence-electron chi connectivity index (χ1n) is 7.44. The third kappa shape index (κ3) is 4.69. The number of carbonyl (C=O) groups excluding carboxylic acids is 1. The van der Waals surface area contributed by atoms with Gasteiger partial charge in [-0.25, -0.2) is 0 Å². The highest BCUT2D eigenvalue weighted by Gasteiger charge is 2.33. The second kappa shape index (κ2) is 7.90. The van der Waals surface area contributed by atoms with Gasteiger partial charge in [-0.1, -0.05) is 27.2 Å². The zero-order chi connectivity index (χ0) is 13.5. The first kappa shape index (κ1) is 15.6. The molecule has 0 saturated heterocycles. The fourth-order valence-electron chi connectivity index (χ4n) is 3.07. The molecule has 0 amide bonds. The number of hydrogen-bond acceptors (Lipinski definition) is 3. The maximum atomic E-state index is 12.1. The van der Waals surface area contributed by atoms with Crippen LogP contribution in [0.1, 0.15) is 46.5 Å². The van der Waals surface area contributed by atoms with E-state index in [0.717, 1.165) is 38.8 Å². The Hall–Kier alpha value is -0.410. The van der Waals surface area contributed by atoms with E-state index in [0.29, 0.717) is 24.2 Å². The number of unbranched alkanes of at least 4 members (excludes halogenated alkanes) is 1. The van der Waals surface area contributed by atoms with Crippen LogP contribution in [0.25, 0.3) is 0 Å². The van der Waals surface area contributed by atoms with Gasteiger partial charge >= 0.3 is 0 Å². The molecule has 1 rings (SSSR count). The van der Waals surface area contributed by atoms with E-state index in [9.17, 15) is 4.79 Å². The molecule has 3 unspecified atom stereocenters. The number of rotatable bonds is 7. The standard InChI is InChI=1S/C15H29NO2/c1-4-5-6-16(7-8-17)11-14-13(3)9-12(2)10-15(14)18/h12-14,17H,4-11H2,1-3H3. The first-order valence-corrected chi connectivity index (χ1v) is 7.44. The van der Waals surface area contributed by atoms with Crippen molar-refractivity contribution in [2.45, 2.75) is 46.5 Å². The summed E-state index contributed by atoms with van der Waals surface area (Å²) in [5.74, 6) is 1.65. The van der Waals surface area contributed by atoms with Gasteiger partial charge in [0.2, 0.25) is 0 Å². The Morgan fingerprint density at radius 3 is 2.61 bits per heavy atom. The minimum Gasteiger partial charge on any atom is -0.395 e. The third-order valence-electron chi connectivity index (χ3n) is 4.12. The lowest BCUT2D eigenvalue weighted by Gasteiger charge is -2.35. The van der Waals surface area contributed by atoms with E-state index >= 15 is 0 Å². The van der Waals surface area contributed by atoms with Gasteiger partial charge < -0.3 is 10.0 Å². The minimum atomic E-state index is 0.185. The molecule has 106 valence electrons. The van der Waals surface area contributed by atoms with Crippen molar-refractivity contribution < 1.29 is 9.90 Å². The molecule has 1 N–H and O–H groups in total. The van der Waals surface area contributed by atoms with E-state index in [4.69, 9.17) is 5.11 Å². The van der Waals surface area contributed by atoms with E-state index < -0.39 is 0 Å². The molecule has 1 aliphatic carbocycles. The molecule has 1 saturated carbocycles. The third-order valence-corrected chi connectivity index (χ3v) is 4.12. The topological polar surface area (TPSA) is 40.5 Å². The number of carbonyl (C=O) groups is 1. The smallest absolute Gasteiger partial charge is 0.137 e. The summed E-state index contributed by atoms with van der Waals surface area (Å²) in [6.07, 6.45) is 4.21. The van der Waals surface area contributed by atoms with Gasteiger partial charge in [0, 0.05) is 25.4 Å². The molecule has 0 heterocycles. The van der Waals surface area contributed by atoms with Crippen molar-refractivity contribution in [3.8, 4) is 0 Å². The minimum absolute atomic E-state index is 0.185. The molecule has 0 aromatic carbocycles. The summed E-state index contributed by atoms with van der Waals surface area (Å²) in [6, 6.07) is 0. The zero-order valence-electron chi connectivity index (χ0n) is 12.2. The van der Waals surface area contributed by atoms with E-state index in [1.807, 2.05) is 0 Å². The fraction of sp³-hybridized carbons (Fsp3) is 0.933. The van der Waals surface area contributed by atoms with Gasteiger partial charge in [-0.2, -0.15) is 0 Å². The molecule has 1 fully saturated rings. The van der Waals surface area contributed by atoms with Crippen LogP contribution < -0.4 is 0 Å². The fourth-order valence-corrected chi connectivity index (χ4v) is 3.07. The first-order chi connectivity index (χ1) is 8.58. The van der Waals surface area contributed by atoms with Crippen molar-refractivity contribution in [3.63, 3.8) is 0 Å². The van der Waals surface area contributed by atoms with Crippen LogP contribution in [0.15, 0.2) is 0 Å². The quantitative estimate of drug-likeness (QED) is 0.759. The predicted molar refractivity (Wildman–Crippen MR) is 74.5 cm³/mol. The molecule has 0 aromatic rings. The normalized spacial score (nSPS) is 28.9. The highest BCUT2D eigenvalue weighted by Crippen LogP contribution is 2.31. The number of aliphatic hydroxyl groups is 1. The lowest BCUT2D eigenvalue weighted by atomic mass is 9.74. The van der Waals surface area contributed by atoms with E-state index in [1.165, 1.54) is 0 Å². The second-order valence-corrected chi connectivity index (χ2v) is 5.97. The highest BCUT2D eigenvalue weighted by molar-refractivity contribution is 5.82. The summed E-state index contributed by atoms with van der Waals surface area (Å²) in [5, 5.41) is 9.11. The lowest BCUT2D eigenvalue weighted by molar-refractivity contribution is -0.128. The largest absolute Gasteiger partial charge is 0.395 e. The monoisotopic (exact) mass is 255 g/mol. The molecule has 3 nitrogen and oxygen atoms in total. The predicted octanol–water partition coefficient (Wildman–Crippen LogP) is 2.33. The lowest BCUT2D eigenvalue weighted by Crippen LogP contribution is -2.41. The molecule has 18 heavy (non-hydrogen) atoms. The van der Waals surface area contributed by atoms with Crippen molar-refractivity contribution in [3.05, 3.63) is 0 Å². The van der Waals surface area contributed by atoms with Gasteiger partial charge in [-0.3, -0.25) is 4.79 Å². The SMILES string of the molecule is CCCCN(CCO)CC1C(=O)CC(C)CC1C. The number of ketones is 1. The molecule has 0 aliphatic heterocycles. The Morgan fingerprint density at radius 1 is 1.33 bits per heavy atom. The molecule has 0 spiro atoms. The van der Waals surface area contributed by atoms with Crippen molar-refractivity contribution >= 4 is 5.78 Å². The zero-order valence-corrected chi connectivity index (χ0v) is 12.2. The molecule has 1 aliphatic rings. The molecule has 0 aromatic heterocycles. The van der Waals surface area contributed by atoms with Crippen LogP contribution >= 0.6 is 0 Å². The molecular formula is C15H29NO2. The van der Waals surface area contributed by atoms with Crippen LogP contribution in [-0.4, -0.2) is 42.0 Å². The van der Waals surface area contributed by atoms with Gasteiger partial charge in [-0.15, -0.1) is 0 Å². The molecule has 3 heteroatoms. The Labute approximate surface area is 112 Å². The molecule has 0 bridgehead atoms. The summed E-state index contributed by atoms with van der Waals surface area (Å²) in [6.45, 7) is 9.29. The number of Topliss-reactive ketones (excluding diaryl/α,β-unsaturated/α-hetero) is 1.